The number of hydrogen-bond donors (Lipinski definition) is 2. The molecule has 19 heavy (non-hydrogen) atoms. The number of carbonyl (C=O) groups is 1. The maximum Gasteiger partial charge on any atom is 0.410 e. The van der Waals surface area contributed by atoms with Crippen LogP contribution in [0, 0.1) is 5.92 Å². The van der Waals surface area contributed by atoms with Crippen molar-refractivity contribution in [2.45, 2.75) is 45.3 Å². The average molecular weight is 269 g/mol. The van der Waals surface area contributed by atoms with E-state index in [0.717, 1.165) is 39.1 Å². The summed E-state index contributed by atoms with van der Waals surface area (Å²) in [6.45, 7) is 10.5. The Hall–Kier alpha value is -0.810. The Balaban J connectivity index is 1.74. The highest BCUT2D eigenvalue weighted by atomic mass is 16.6. The van der Waals surface area contributed by atoms with Gasteiger partial charge in [0, 0.05) is 38.8 Å². The van der Waals surface area contributed by atoms with Crippen molar-refractivity contribution >= 4 is 6.09 Å². The van der Waals surface area contributed by atoms with Crippen LogP contribution < -0.4 is 10.6 Å². The molecule has 0 aromatic carbocycles. The highest BCUT2D eigenvalue weighted by Crippen LogP contribution is 2.19. The number of hydrogen-bond acceptors (Lipinski definition) is 4. The highest BCUT2D eigenvalue weighted by Gasteiger charge is 2.28. The third-order valence-electron chi connectivity index (χ3n) is 3.65. The summed E-state index contributed by atoms with van der Waals surface area (Å²) in [5.74, 6) is 0.557. The Bertz CT molecular complexity index is 310. The quantitative estimate of drug-likeness (QED) is 0.808. The average Bonchev–Trinajstić information content (AvgIpc) is 2.25. The zero-order valence-electron chi connectivity index (χ0n) is 12.4. The van der Waals surface area contributed by atoms with Crippen molar-refractivity contribution in [3.63, 3.8) is 0 Å². The van der Waals surface area contributed by atoms with E-state index in [4.69, 9.17) is 4.74 Å². The Labute approximate surface area is 116 Å². The minimum Gasteiger partial charge on any atom is -0.444 e. The molecule has 2 N–H and O–H groups in total. The van der Waals surface area contributed by atoms with Crippen molar-refractivity contribution in [1.29, 1.82) is 0 Å². The van der Waals surface area contributed by atoms with Crippen LogP contribution in [0.4, 0.5) is 4.79 Å². The van der Waals surface area contributed by atoms with Crippen molar-refractivity contribution in [2.75, 3.05) is 32.7 Å². The van der Waals surface area contributed by atoms with Crippen LogP contribution >= 0.6 is 0 Å². The maximum absolute atomic E-state index is 12.0. The molecule has 2 heterocycles. The molecule has 2 aliphatic heterocycles. The first-order chi connectivity index (χ1) is 8.94. The maximum atomic E-state index is 12.0. The fourth-order valence-corrected chi connectivity index (χ4v) is 2.49. The molecule has 5 nitrogen and oxygen atoms in total. The number of carbonyl (C=O) groups excluding carboxylic acids is 1. The SMILES string of the molecule is CC(C)(C)OC(=O)N1CCCC(CNC2CNC2)C1. The van der Waals surface area contributed by atoms with E-state index in [1.165, 1.54) is 6.42 Å². The van der Waals surface area contributed by atoms with Gasteiger partial charge in [0.05, 0.1) is 0 Å². The molecule has 5 heteroatoms. The van der Waals surface area contributed by atoms with E-state index in [-0.39, 0.29) is 6.09 Å². The number of rotatable bonds is 3. The van der Waals surface area contributed by atoms with Crippen molar-refractivity contribution in [3.8, 4) is 0 Å². The number of piperidine rings is 1. The van der Waals surface area contributed by atoms with Gasteiger partial charge in [-0.3, -0.25) is 0 Å². The molecule has 1 unspecified atom stereocenters. The normalized spacial score (nSPS) is 25.0. The Kier molecular flexibility index (Phi) is 4.68. The van der Waals surface area contributed by atoms with Gasteiger partial charge in [0.15, 0.2) is 0 Å². The second kappa shape index (κ2) is 6.09. The summed E-state index contributed by atoms with van der Waals surface area (Å²) < 4.78 is 5.44. The lowest BCUT2D eigenvalue weighted by atomic mass is 9.97. The zero-order valence-corrected chi connectivity index (χ0v) is 12.4. The second-order valence-corrected chi connectivity index (χ2v) is 6.70. The molecule has 1 amide bonds. The molecule has 0 spiro atoms. The van der Waals surface area contributed by atoms with E-state index in [1.807, 2.05) is 25.7 Å². The van der Waals surface area contributed by atoms with Crippen LogP contribution in [0.5, 0.6) is 0 Å². The predicted octanol–water partition coefficient (Wildman–Crippen LogP) is 1.19. The van der Waals surface area contributed by atoms with Gasteiger partial charge in [0.1, 0.15) is 5.60 Å². The van der Waals surface area contributed by atoms with Crippen molar-refractivity contribution in [3.05, 3.63) is 0 Å². The van der Waals surface area contributed by atoms with Crippen LogP contribution in [-0.4, -0.2) is 55.4 Å². The monoisotopic (exact) mass is 269 g/mol. The van der Waals surface area contributed by atoms with Crippen molar-refractivity contribution < 1.29 is 9.53 Å². The molecular weight excluding hydrogens is 242 g/mol. The summed E-state index contributed by atoms with van der Waals surface area (Å²) in [5.41, 5.74) is -0.403. The smallest absolute Gasteiger partial charge is 0.410 e. The van der Waals surface area contributed by atoms with Crippen LogP contribution in [0.25, 0.3) is 0 Å². The number of nitrogens with zero attached hydrogens (tertiary/aromatic N) is 1. The lowest BCUT2D eigenvalue weighted by molar-refractivity contribution is 0.0164. The molecule has 0 aliphatic carbocycles. The topological polar surface area (TPSA) is 53.6 Å². The van der Waals surface area contributed by atoms with E-state index in [0.29, 0.717) is 12.0 Å². The molecule has 2 fully saturated rings. The Morgan fingerprint density at radius 2 is 2.16 bits per heavy atom. The lowest BCUT2D eigenvalue weighted by Gasteiger charge is -2.36. The van der Waals surface area contributed by atoms with Crippen molar-refractivity contribution in [2.24, 2.45) is 5.92 Å². The number of amides is 1. The molecule has 2 rings (SSSR count). The van der Waals surface area contributed by atoms with Gasteiger partial charge in [-0.1, -0.05) is 0 Å². The van der Waals surface area contributed by atoms with Crippen LogP contribution in [0.3, 0.4) is 0 Å². The number of nitrogens with one attached hydrogen (secondary N) is 2. The Morgan fingerprint density at radius 1 is 1.42 bits per heavy atom. The van der Waals surface area contributed by atoms with Gasteiger partial charge < -0.3 is 20.3 Å². The summed E-state index contributed by atoms with van der Waals surface area (Å²) in [7, 11) is 0. The molecular formula is C14H27N3O2. The number of likely N-dealkylation sites (tertiary alicyclic amines) is 1. The summed E-state index contributed by atoms with van der Waals surface area (Å²) in [4.78, 5) is 13.9. The van der Waals surface area contributed by atoms with E-state index in [2.05, 4.69) is 10.6 Å². The van der Waals surface area contributed by atoms with Gasteiger partial charge in [-0.05, 0) is 39.5 Å². The van der Waals surface area contributed by atoms with E-state index < -0.39 is 5.60 Å². The Morgan fingerprint density at radius 3 is 2.74 bits per heavy atom. The first-order valence-electron chi connectivity index (χ1n) is 7.36. The molecule has 0 aromatic rings. The molecule has 0 aromatic heterocycles. The standard InChI is InChI=1S/C14H27N3O2/c1-14(2,3)19-13(18)17-6-4-5-11(10-17)7-16-12-8-15-9-12/h11-12,15-16H,4-10H2,1-3H3. The van der Waals surface area contributed by atoms with Gasteiger partial charge in [-0.2, -0.15) is 0 Å². The zero-order chi connectivity index (χ0) is 13.9. The van der Waals surface area contributed by atoms with Gasteiger partial charge in [-0.25, -0.2) is 4.79 Å². The largest absolute Gasteiger partial charge is 0.444 e. The number of ether oxygens (including phenoxy) is 1. The highest BCUT2D eigenvalue weighted by molar-refractivity contribution is 5.68. The fraction of sp³-hybridized carbons (Fsp3) is 0.929. The van der Waals surface area contributed by atoms with Crippen LogP contribution in [-0.2, 0) is 4.74 Å². The summed E-state index contributed by atoms with van der Waals surface area (Å²) in [6.07, 6.45) is 2.11. The van der Waals surface area contributed by atoms with E-state index >= 15 is 0 Å². The van der Waals surface area contributed by atoms with E-state index in [9.17, 15) is 4.79 Å². The first-order valence-corrected chi connectivity index (χ1v) is 7.36. The first kappa shape index (κ1) is 14.6. The molecule has 2 saturated heterocycles. The van der Waals surface area contributed by atoms with Crippen molar-refractivity contribution in [1.82, 2.24) is 15.5 Å². The molecule has 2 aliphatic rings. The minimum atomic E-state index is -0.403. The van der Waals surface area contributed by atoms with Gasteiger partial charge in [0.2, 0.25) is 0 Å². The van der Waals surface area contributed by atoms with Crippen LogP contribution in [0.2, 0.25) is 0 Å². The van der Waals surface area contributed by atoms with Gasteiger partial charge in [0.25, 0.3) is 0 Å². The predicted molar refractivity (Wildman–Crippen MR) is 75.2 cm³/mol. The van der Waals surface area contributed by atoms with E-state index in [1.54, 1.807) is 0 Å². The fourth-order valence-electron chi connectivity index (χ4n) is 2.49. The molecule has 110 valence electrons. The second-order valence-electron chi connectivity index (χ2n) is 6.70. The van der Waals surface area contributed by atoms with Gasteiger partial charge in [-0.15, -0.1) is 0 Å². The van der Waals surface area contributed by atoms with Crippen LogP contribution in [0.15, 0.2) is 0 Å². The third kappa shape index (κ3) is 4.66. The van der Waals surface area contributed by atoms with Crippen LogP contribution in [0.1, 0.15) is 33.6 Å². The lowest BCUT2D eigenvalue weighted by Crippen LogP contribution is -2.57. The summed E-state index contributed by atoms with van der Waals surface area (Å²) in [5, 5.41) is 6.81. The summed E-state index contributed by atoms with van der Waals surface area (Å²) >= 11 is 0. The third-order valence-corrected chi connectivity index (χ3v) is 3.65. The molecule has 0 bridgehead atoms. The molecule has 0 saturated carbocycles. The van der Waals surface area contributed by atoms with Gasteiger partial charge >= 0.3 is 6.09 Å². The molecule has 1 atom stereocenters. The molecule has 0 radical (unpaired) electrons. The minimum absolute atomic E-state index is 0.164. The summed E-state index contributed by atoms with van der Waals surface area (Å²) in [6, 6.07) is 0.622.